The summed E-state index contributed by atoms with van der Waals surface area (Å²) in [5.41, 5.74) is 2.17. The van der Waals surface area contributed by atoms with Crippen LogP contribution in [0.1, 0.15) is 5.56 Å². The average molecular weight is 398 g/mol. The zero-order valence-corrected chi connectivity index (χ0v) is 16.9. The van der Waals surface area contributed by atoms with Gasteiger partial charge in [-0.05, 0) is 29.5 Å². The smallest absolute Gasteiger partial charge is 0.269 e. The third-order valence-corrected chi connectivity index (χ3v) is 6.98. The lowest BCUT2D eigenvalue weighted by Gasteiger charge is -2.15. The van der Waals surface area contributed by atoms with Crippen LogP contribution < -0.4 is 9.64 Å². The van der Waals surface area contributed by atoms with Crippen molar-refractivity contribution in [3.63, 3.8) is 0 Å². The van der Waals surface area contributed by atoms with Gasteiger partial charge in [0.2, 0.25) is 0 Å². The third-order valence-electron chi connectivity index (χ3n) is 4.45. The number of methoxy groups -OCH3 is 1. The van der Waals surface area contributed by atoms with Crippen LogP contribution in [0.25, 0.3) is 0 Å². The summed E-state index contributed by atoms with van der Waals surface area (Å²) in [5, 5.41) is 1.67. The van der Waals surface area contributed by atoms with Gasteiger partial charge in [-0.3, -0.25) is 14.7 Å². The molecule has 2 heterocycles. The second kappa shape index (κ2) is 7.32. The number of ether oxygens (including phenoxy) is 1. The Kier molecular flexibility index (Phi) is 4.88. The van der Waals surface area contributed by atoms with Gasteiger partial charge in [0.15, 0.2) is 5.17 Å². The number of hydrogen-bond acceptors (Lipinski definition) is 6. The van der Waals surface area contributed by atoms with Crippen molar-refractivity contribution in [1.29, 1.82) is 0 Å². The van der Waals surface area contributed by atoms with Crippen LogP contribution in [0.4, 0.5) is 5.69 Å². The quantitative estimate of drug-likeness (QED) is 0.728. The van der Waals surface area contributed by atoms with Gasteiger partial charge >= 0.3 is 0 Å². The van der Waals surface area contributed by atoms with Gasteiger partial charge in [-0.25, -0.2) is 0 Å². The lowest BCUT2D eigenvalue weighted by atomic mass is 10.2. The predicted octanol–water partition coefficient (Wildman–Crippen LogP) is 4.17. The fourth-order valence-electron chi connectivity index (χ4n) is 2.91. The number of rotatable bonds is 3. The van der Waals surface area contributed by atoms with Gasteiger partial charge in [0, 0.05) is 25.1 Å². The molecule has 2 aromatic rings. The number of amides is 1. The summed E-state index contributed by atoms with van der Waals surface area (Å²) in [4.78, 5) is 23.0. The number of thioether (sulfide) groups is 2. The molecule has 138 valence electrons. The number of amidine groups is 1. The molecular formula is C20H19N3O2S2. The fraction of sp³-hybridized carbons (Fsp3) is 0.200. The van der Waals surface area contributed by atoms with Crippen LogP contribution in [0.3, 0.4) is 0 Å². The first-order valence-electron chi connectivity index (χ1n) is 8.46. The number of anilines is 1. The van der Waals surface area contributed by atoms with E-state index in [1.54, 1.807) is 30.8 Å². The van der Waals surface area contributed by atoms with Crippen LogP contribution in [-0.2, 0) is 11.3 Å². The Morgan fingerprint density at radius 3 is 2.56 bits per heavy atom. The van der Waals surface area contributed by atoms with E-state index >= 15 is 0 Å². The molecule has 0 unspecified atom stereocenters. The van der Waals surface area contributed by atoms with Crippen molar-refractivity contribution in [2.24, 2.45) is 4.99 Å². The molecular weight excluding hydrogens is 378 g/mol. The van der Waals surface area contributed by atoms with Crippen LogP contribution >= 0.6 is 23.5 Å². The Morgan fingerprint density at radius 1 is 1.04 bits per heavy atom. The second-order valence-electron chi connectivity index (χ2n) is 6.18. The minimum Gasteiger partial charge on any atom is -0.497 e. The standard InChI is InChI=1S/C20H19N3O2S2/c1-22-15-11-14(25-3)9-10-16(15)26-19(22)17-18(24)23(2)20(27-17)21-12-13-7-5-4-6-8-13/h4-11H,12H2,1-3H3/b19-17-,21-20?. The van der Waals surface area contributed by atoms with Crippen LogP contribution in [0, 0.1) is 0 Å². The summed E-state index contributed by atoms with van der Waals surface area (Å²) in [7, 11) is 5.42. The highest BCUT2D eigenvalue weighted by atomic mass is 32.2. The minimum absolute atomic E-state index is 0.0130. The highest BCUT2D eigenvalue weighted by molar-refractivity contribution is 8.19. The highest BCUT2D eigenvalue weighted by Crippen LogP contribution is 2.50. The van der Waals surface area contributed by atoms with Crippen LogP contribution in [0.2, 0.25) is 0 Å². The summed E-state index contributed by atoms with van der Waals surface area (Å²) in [6.07, 6.45) is 0. The van der Waals surface area contributed by atoms with E-state index in [9.17, 15) is 4.79 Å². The van der Waals surface area contributed by atoms with E-state index in [1.807, 2.05) is 55.6 Å². The number of carbonyl (C=O) groups excluding carboxylic acids is 1. The molecule has 7 heteroatoms. The number of nitrogens with zero attached hydrogens (tertiary/aromatic N) is 3. The second-order valence-corrected chi connectivity index (χ2v) is 8.19. The van der Waals surface area contributed by atoms with Crippen molar-refractivity contribution in [3.8, 4) is 5.75 Å². The molecule has 0 atom stereocenters. The van der Waals surface area contributed by atoms with Crippen molar-refractivity contribution in [2.45, 2.75) is 11.4 Å². The number of benzene rings is 2. The molecule has 0 bridgehead atoms. The highest BCUT2D eigenvalue weighted by Gasteiger charge is 2.37. The number of fused-ring (bicyclic) bond motifs is 1. The van der Waals surface area contributed by atoms with Crippen molar-refractivity contribution in [1.82, 2.24) is 4.90 Å². The Bertz CT molecular complexity index is 957. The Morgan fingerprint density at radius 2 is 1.81 bits per heavy atom. The lowest BCUT2D eigenvalue weighted by molar-refractivity contribution is -0.121. The predicted molar refractivity (Wildman–Crippen MR) is 112 cm³/mol. The van der Waals surface area contributed by atoms with E-state index in [-0.39, 0.29) is 5.91 Å². The molecule has 4 rings (SSSR count). The summed E-state index contributed by atoms with van der Waals surface area (Å²) < 4.78 is 5.33. The average Bonchev–Trinajstić information content (AvgIpc) is 3.17. The maximum atomic E-state index is 12.8. The monoisotopic (exact) mass is 397 g/mol. The van der Waals surface area contributed by atoms with Gasteiger partial charge in [-0.15, -0.1) is 0 Å². The molecule has 1 amide bonds. The molecule has 5 nitrogen and oxygen atoms in total. The van der Waals surface area contributed by atoms with E-state index in [1.165, 1.54) is 11.8 Å². The summed E-state index contributed by atoms with van der Waals surface area (Å²) in [6.45, 7) is 0.559. The molecule has 0 radical (unpaired) electrons. The summed E-state index contributed by atoms with van der Waals surface area (Å²) in [6, 6.07) is 16.0. The molecule has 27 heavy (non-hydrogen) atoms. The Labute approximate surface area is 167 Å². The first-order chi connectivity index (χ1) is 13.1. The minimum atomic E-state index is -0.0130. The van der Waals surface area contributed by atoms with E-state index in [4.69, 9.17) is 4.74 Å². The number of carbonyl (C=O) groups is 1. The molecule has 0 aliphatic carbocycles. The molecule has 2 aliphatic rings. The number of aliphatic imine (C=N–C) groups is 1. The van der Waals surface area contributed by atoms with Crippen LogP contribution in [0.5, 0.6) is 5.75 Å². The Hall–Kier alpha value is -2.38. The largest absolute Gasteiger partial charge is 0.497 e. The SMILES string of the molecule is COc1ccc2c(c1)N(C)/C(=C1/SC(=NCc3ccccc3)N(C)C1=O)S2. The topological polar surface area (TPSA) is 45.1 Å². The van der Waals surface area contributed by atoms with Crippen molar-refractivity contribution >= 4 is 40.3 Å². The summed E-state index contributed by atoms with van der Waals surface area (Å²) >= 11 is 3.05. The molecule has 2 aliphatic heterocycles. The molecule has 1 saturated heterocycles. The van der Waals surface area contributed by atoms with Crippen molar-refractivity contribution in [3.05, 3.63) is 64.0 Å². The number of likely N-dealkylation sites (N-methyl/N-ethyl adjacent to an activating group) is 1. The molecule has 1 fully saturated rings. The van der Waals surface area contributed by atoms with Gasteiger partial charge in [-0.2, -0.15) is 0 Å². The van der Waals surface area contributed by atoms with E-state index in [0.717, 1.165) is 32.1 Å². The first-order valence-corrected chi connectivity index (χ1v) is 10.1. The Balaban J connectivity index is 1.62. The van der Waals surface area contributed by atoms with E-state index in [0.29, 0.717) is 11.4 Å². The zero-order chi connectivity index (χ0) is 19.0. The van der Waals surface area contributed by atoms with Crippen molar-refractivity contribution < 1.29 is 9.53 Å². The zero-order valence-electron chi connectivity index (χ0n) is 15.3. The lowest BCUT2D eigenvalue weighted by Crippen LogP contribution is -2.25. The molecule has 0 aromatic heterocycles. The van der Waals surface area contributed by atoms with Gasteiger partial charge < -0.3 is 9.64 Å². The van der Waals surface area contributed by atoms with Gasteiger partial charge in [0.05, 0.1) is 24.4 Å². The first kappa shape index (κ1) is 18.0. The number of hydrogen-bond donors (Lipinski definition) is 0. The van der Waals surface area contributed by atoms with Crippen LogP contribution in [-0.4, -0.2) is 37.2 Å². The third kappa shape index (κ3) is 3.33. The van der Waals surface area contributed by atoms with Crippen molar-refractivity contribution in [2.75, 3.05) is 26.1 Å². The summed E-state index contributed by atoms with van der Waals surface area (Å²) in [5.74, 6) is 0.793. The van der Waals surface area contributed by atoms with Crippen LogP contribution in [0.15, 0.2) is 68.4 Å². The van der Waals surface area contributed by atoms with E-state index in [2.05, 4.69) is 9.89 Å². The van der Waals surface area contributed by atoms with E-state index < -0.39 is 0 Å². The van der Waals surface area contributed by atoms with Gasteiger partial charge in [0.25, 0.3) is 5.91 Å². The molecule has 0 saturated carbocycles. The molecule has 2 aromatic carbocycles. The fourth-order valence-corrected chi connectivity index (χ4v) is 5.20. The maximum Gasteiger partial charge on any atom is 0.269 e. The van der Waals surface area contributed by atoms with Gasteiger partial charge in [0.1, 0.15) is 10.7 Å². The van der Waals surface area contributed by atoms with Gasteiger partial charge in [-0.1, -0.05) is 42.1 Å². The molecule has 0 N–H and O–H groups in total. The maximum absolute atomic E-state index is 12.8. The normalized spacial score (nSPS) is 20.6. The molecule has 0 spiro atoms.